The van der Waals surface area contributed by atoms with E-state index in [0.717, 1.165) is 58.1 Å². The monoisotopic (exact) mass is 378 g/mol. The molecule has 0 aliphatic heterocycles. The molecular weight excluding hydrogens is 340 g/mol. The number of aliphatic imine (C=N–C) groups is 1. The average Bonchev–Trinajstić information content (AvgIpc) is 2.67. The third kappa shape index (κ3) is 10.8. The number of aryl methyl sites for hydroxylation is 1. The molecule has 154 valence electrons. The lowest BCUT2D eigenvalue weighted by atomic mass is 10.2. The molecule has 27 heavy (non-hydrogen) atoms. The third-order valence-electron chi connectivity index (χ3n) is 4.17. The lowest BCUT2D eigenvalue weighted by Crippen LogP contribution is -2.41. The topological polar surface area (TPSA) is 58.1 Å². The van der Waals surface area contributed by atoms with Crippen LogP contribution in [-0.4, -0.2) is 65.6 Å². The Morgan fingerprint density at radius 3 is 2.67 bits per heavy atom. The van der Waals surface area contributed by atoms with Gasteiger partial charge in [0.1, 0.15) is 0 Å². The second-order valence-electron chi connectivity index (χ2n) is 6.42. The van der Waals surface area contributed by atoms with E-state index in [1.807, 2.05) is 0 Å². The van der Waals surface area contributed by atoms with Crippen molar-refractivity contribution in [2.45, 2.75) is 33.6 Å². The highest BCUT2D eigenvalue weighted by atomic mass is 16.5. The molecule has 0 heterocycles. The van der Waals surface area contributed by atoms with E-state index in [-0.39, 0.29) is 0 Å². The summed E-state index contributed by atoms with van der Waals surface area (Å²) in [5.74, 6) is 0.887. The number of rotatable bonds is 14. The first-order valence-electron chi connectivity index (χ1n) is 10.1. The smallest absolute Gasteiger partial charge is 0.191 e. The van der Waals surface area contributed by atoms with Crippen molar-refractivity contribution in [2.24, 2.45) is 4.99 Å². The van der Waals surface area contributed by atoms with E-state index in [1.54, 1.807) is 7.11 Å². The number of unbranched alkanes of at least 4 members (excludes halogenated alkanes) is 1. The number of nitrogens with zero attached hydrogens (tertiary/aromatic N) is 2. The standard InChI is InChI=1S/C21H38N4O2/c1-5-22-21(23-12-7-8-15-27-17-16-26-4)24-13-14-25(6-2)20-11-9-10-19(3)18-20/h9-11,18H,5-8,12-17H2,1-4H3,(H2,22,23,24). The summed E-state index contributed by atoms with van der Waals surface area (Å²) < 4.78 is 10.4. The number of hydrogen-bond acceptors (Lipinski definition) is 4. The number of anilines is 1. The highest BCUT2D eigenvalue weighted by Crippen LogP contribution is 2.14. The van der Waals surface area contributed by atoms with Gasteiger partial charge in [-0.15, -0.1) is 0 Å². The predicted octanol–water partition coefficient (Wildman–Crippen LogP) is 2.82. The van der Waals surface area contributed by atoms with Crippen molar-refractivity contribution in [2.75, 3.05) is 64.6 Å². The normalized spacial score (nSPS) is 11.5. The molecule has 0 aliphatic rings. The minimum Gasteiger partial charge on any atom is -0.382 e. The zero-order chi connectivity index (χ0) is 19.7. The number of benzene rings is 1. The summed E-state index contributed by atoms with van der Waals surface area (Å²) in [6.07, 6.45) is 2.04. The van der Waals surface area contributed by atoms with Crippen LogP contribution in [0.15, 0.2) is 29.3 Å². The molecule has 0 bridgehead atoms. The predicted molar refractivity (Wildman–Crippen MR) is 115 cm³/mol. The van der Waals surface area contributed by atoms with Gasteiger partial charge in [-0.2, -0.15) is 0 Å². The van der Waals surface area contributed by atoms with Crippen molar-refractivity contribution in [1.29, 1.82) is 0 Å². The molecule has 0 saturated heterocycles. The molecule has 1 aromatic carbocycles. The van der Waals surface area contributed by atoms with Crippen molar-refractivity contribution in [3.05, 3.63) is 29.8 Å². The first-order chi connectivity index (χ1) is 13.2. The molecule has 0 fully saturated rings. The van der Waals surface area contributed by atoms with Gasteiger partial charge < -0.3 is 25.0 Å². The van der Waals surface area contributed by atoms with Gasteiger partial charge in [0.15, 0.2) is 5.96 Å². The zero-order valence-electron chi connectivity index (χ0n) is 17.6. The molecule has 6 heteroatoms. The molecule has 0 aromatic heterocycles. The van der Waals surface area contributed by atoms with Gasteiger partial charge in [-0.3, -0.25) is 4.99 Å². The van der Waals surface area contributed by atoms with Crippen LogP contribution in [0.1, 0.15) is 32.3 Å². The summed E-state index contributed by atoms with van der Waals surface area (Å²) in [4.78, 5) is 7.03. The summed E-state index contributed by atoms with van der Waals surface area (Å²) in [5, 5.41) is 6.75. The summed E-state index contributed by atoms with van der Waals surface area (Å²) in [5.41, 5.74) is 2.56. The second-order valence-corrected chi connectivity index (χ2v) is 6.42. The lowest BCUT2D eigenvalue weighted by Gasteiger charge is -2.24. The van der Waals surface area contributed by atoms with E-state index in [0.29, 0.717) is 13.2 Å². The molecule has 0 aliphatic carbocycles. The van der Waals surface area contributed by atoms with Crippen LogP contribution >= 0.6 is 0 Å². The van der Waals surface area contributed by atoms with E-state index >= 15 is 0 Å². The number of ether oxygens (including phenoxy) is 2. The minimum absolute atomic E-state index is 0.657. The largest absolute Gasteiger partial charge is 0.382 e. The van der Waals surface area contributed by atoms with Crippen LogP contribution in [0.25, 0.3) is 0 Å². The van der Waals surface area contributed by atoms with Gasteiger partial charge in [-0.25, -0.2) is 0 Å². The van der Waals surface area contributed by atoms with Crippen molar-refractivity contribution in [3.63, 3.8) is 0 Å². The Kier molecular flexibility index (Phi) is 13.2. The maximum absolute atomic E-state index is 5.47. The van der Waals surface area contributed by atoms with Gasteiger partial charge >= 0.3 is 0 Å². The number of likely N-dealkylation sites (N-methyl/N-ethyl adjacent to an activating group) is 1. The van der Waals surface area contributed by atoms with E-state index in [2.05, 4.69) is 65.6 Å². The number of hydrogen-bond donors (Lipinski definition) is 2. The van der Waals surface area contributed by atoms with Gasteiger partial charge in [-0.05, 0) is 51.3 Å². The van der Waals surface area contributed by atoms with E-state index in [9.17, 15) is 0 Å². The summed E-state index contributed by atoms with van der Waals surface area (Å²) in [6.45, 7) is 13.0. The molecule has 1 rings (SSSR count). The van der Waals surface area contributed by atoms with E-state index < -0.39 is 0 Å². The molecule has 0 amide bonds. The van der Waals surface area contributed by atoms with Crippen LogP contribution < -0.4 is 15.5 Å². The number of guanidine groups is 1. The maximum atomic E-state index is 5.47. The maximum Gasteiger partial charge on any atom is 0.191 e. The molecule has 1 aromatic rings. The van der Waals surface area contributed by atoms with Crippen LogP contribution in [0.2, 0.25) is 0 Å². The van der Waals surface area contributed by atoms with Crippen LogP contribution in [0.5, 0.6) is 0 Å². The molecule has 0 unspecified atom stereocenters. The molecular formula is C21H38N4O2. The number of nitrogens with one attached hydrogen (secondary N) is 2. The van der Waals surface area contributed by atoms with Gasteiger partial charge in [0, 0.05) is 52.1 Å². The molecule has 0 radical (unpaired) electrons. The Morgan fingerprint density at radius 1 is 1.11 bits per heavy atom. The van der Waals surface area contributed by atoms with Crippen molar-refractivity contribution in [1.82, 2.24) is 10.6 Å². The van der Waals surface area contributed by atoms with Crippen molar-refractivity contribution < 1.29 is 9.47 Å². The summed E-state index contributed by atoms with van der Waals surface area (Å²) in [7, 11) is 1.69. The fourth-order valence-electron chi connectivity index (χ4n) is 2.70. The quantitative estimate of drug-likeness (QED) is 0.296. The van der Waals surface area contributed by atoms with E-state index in [4.69, 9.17) is 9.47 Å². The molecule has 0 atom stereocenters. The first-order valence-corrected chi connectivity index (χ1v) is 10.1. The minimum atomic E-state index is 0.657. The molecule has 2 N–H and O–H groups in total. The lowest BCUT2D eigenvalue weighted by molar-refractivity contribution is 0.0690. The Balaban J connectivity index is 2.32. The fraction of sp³-hybridized carbons (Fsp3) is 0.667. The summed E-state index contributed by atoms with van der Waals surface area (Å²) in [6, 6.07) is 8.65. The zero-order valence-corrected chi connectivity index (χ0v) is 17.6. The molecule has 0 spiro atoms. The number of methoxy groups -OCH3 is 1. The Morgan fingerprint density at radius 2 is 1.96 bits per heavy atom. The third-order valence-corrected chi connectivity index (χ3v) is 4.17. The van der Waals surface area contributed by atoms with Gasteiger partial charge in [0.2, 0.25) is 0 Å². The van der Waals surface area contributed by atoms with Crippen molar-refractivity contribution >= 4 is 11.6 Å². The van der Waals surface area contributed by atoms with Gasteiger partial charge in [-0.1, -0.05) is 12.1 Å². The second kappa shape index (κ2) is 15.3. The molecule has 0 saturated carbocycles. The van der Waals surface area contributed by atoms with Crippen LogP contribution in [0, 0.1) is 6.92 Å². The van der Waals surface area contributed by atoms with Gasteiger partial charge in [0.05, 0.1) is 13.2 Å². The molecule has 6 nitrogen and oxygen atoms in total. The van der Waals surface area contributed by atoms with Crippen LogP contribution in [-0.2, 0) is 9.47 Å². The van der Waals surface area contributed by atoms with Crippen LogP contribution in [0.4, 0.5) is 5.69 Å². The SMILES string of the molecule is CCNC(=NCCCCOCCOC)NCCN(CC)c1cccc(C)c1. The van der Waals surface area contributed by atoms with Gasteiger partial charge in [0.25, 0.3) is 0 Å². The Labute approximate surface area is 165 Å². The first kappa shape index (κ1) is 23.2. The summed E-state index contributed by atoms with van der Waals surface area (Å²) >= 11 is 0. The highest BCUT2D eigenvalue weighted by Gasteiger charge is 2.05. The average molecular weight is 379 g/mol. The Hall–Kier alpha value is -1.79. The fourth-order valence-corrected chi connectivity index (χ4v) is 2.70. The Bertz CT molecular complexity index is 523. The highest BCUT2D eigenvalue weighted by molar-refractivity contribution is 5.79. The van der Waals surface area contributed by atoms with E-state index in [1.165, 1.54) is 11.3 Å². The van der Waals surface area contributed by atoms with Crippen LogP contribution in [0.3, 0.4) is 0 Å². The van der Waals surface area contributed by atoms with Crippen molar-refractivity contribution in [3.8, 4) is 0 Å².